The summed E-state index contributed by atoms with van der Waals surface area (Å²) in [5.74, 6) is 0.525. The molecule has 0 aliphatic heterocycles. The topological polar surface area (TPSA) is 50.7 Å². The molecule has 0 bridgehead atoms. The van der Waals surface area contributed by atoms with E-state index in [2.05, 4.69) is 15.3 Å². The van der Waals surface area contributed by atoms with Gasteiger partial charge in [-0.05, 0) is 24.3 Å². The van der Waals surface area contributed by atoms with Crippen LogP contribution in [0, 0.1) is 0 Å². The van der Waals surface area contributed by atoms with Crippen LogP contribution in [0.5, 0.6) is 0 Å². The molecule has 92 valence electrons. The smallest absolute Gasteiger partial charge is 0.265 e. The lowest BCUT2D eigenvalue weighted by Gasteiger charge is -2.02. The van der Waals surface area contributed by atoms with Gasteiger partial charge < -0.3 is 10.2 Å². The van der Waals surface area contributed by atoms with Crippen LogP contribution in [0.15, 0.2) is 34.3 Å². The van der Waals surface area contributed by atoms with Gasteiger partial charge in [-0.2, -0.15) is 0 Å². The monoisotopic (exact) mass is 272 g/mol. The van der Waals surface area contributed by atoms with Gasteiger partial charge in [0.05, 0.1) is 0 Å². The average molecular weight is 273 g/mol. The van der Waals surface area contributed by atoms with Gasteiger partial charge in [-0.3, -0.25) is 4.79 Å². The highest BCUT2D eigenvalue weighted by molar-refractivity contribution is 7.99. The van der Waals surface area contributed by atoms with Crippen LogP contribution in [0.2, 0.25) is 5.02 Å². The number of rotatable bonds is 6. The van der Waals surface area contributed by atoms with Crippen LogP contribution in [0.4, 0.5) is 0 Å². The minimum atomic E-state index is -0.261. The molecule has 0 unspecified atom stereocenters. The second-order valence-corrected chi connectivity index (χ2v) is 4.62. The fraction of sp³-hybridized carbons (Fsp3) is 0.273. The Kier molecular flexibility index (Phi) is 6.50. The lowest BCUT2D eigenvalue weighted by atomic mass is 10.4. The van der Waals surface area contributed by atoms with E-state index in [1.165, 1.54) is 7.11 Å². The predicted octanol–water partition coefficient (Wildman–Crippen LogP) is 2.18. The van der Waals surface area contributed by atoms with Crippen molar-refractivity contribution in [2.75, 3.05) is 19.4 Å². The van der Waals surface area contributed by atoms with Crippen LogP contribution in [-0.4, -0.2) is 31.5 Å². The van der Waals surface area contributed by atoms with E-state index >= 15 is 0 Å². The highest BCUT2D eigenvalue weighted by atomic mass is 35.5. The second-order valence-electron chi connectivity index (χ2n) is 3.01. The number of hydrogen-bond donors (Lipinski definition) is 1. The molecule has 0 aliphatic carbocycles. The Balaban J connectivity index is 2.18. The predicted molar refractivity (Wildman–Crippen MR) is 70.7 cm³/mol. The Hall–Kier alpha value is -1.20. The van der Waals surface area contributed by atoms with Crippen LogP contribution in [0.3, 0.4) is 0 Å². The van der Waals surface area contributed by atoms with Gasteiger partial charge in [0.2, 0.25) is 0 Å². The summed E-state index contributed by atoms with van der Waals surface area (Å²) < 4.78 is 0. The average Bonchev–Trinajstić information content (AvgIpc) is 2.34. The number of carbonyl (C=O) groups is 1. The highest BCUT2D eigenvalue weighted by Crippen LogP contribution is 2.19. The third kappa shape index (κ3) is 6.19. The Labute approximate surface area is 109 Å². The normalized spacial score (nSPS) is 10.5. The standard InChI is InChI=1S/C11H13ClN2O2S/c1-16-14-8-11(15)13-6-7-17-10-4-2-9(12)3-5-10/h2-5,8H,6-7H2,1H3,(H,13,15). The minimum absolute atomic E-state index is 0.261. The maximum Gasteiger partial charge on any atom is 0.265 e. The van der Waals surface area contributed by atoms with E-state index in [-0.39, 0.29) is 5.91 Å². The molecule has 6 heteroatoms. The van der Waals surface area contributed by atoms with Crippen LogP contribution >= 0.6 is 23.4 Å². The second kappa shape index (κ2) is 7.97. The lowest BCUT2D eigenvalue weighted by molar-refractivity contribution is -0.114. The number of nitrogens with one attached hydrogen (secondary N) is 1. The lowest BCUT2D eigenvalue weighted by Crippen LogP contribution is -2.26. The van der Waals surface area contributed by atoms with E-state index in [9.17, 15) is 4.79 Å². The van der Waals surface area contributed by atoms with Crippen molar-refractivity contribution in [2.45, 2.75) is 4.90 Å². The van der Waals surface area contributed by atoms with Crippen molar-refractivity contribution in [3.63, 3.8) is 0 Å². The molecule has 0 fully saturated rings. The maximum absolute atomic E-state index is 11.1. The van der Waals surface area contributed by atoms with Crippen molar-refractivity contribution in [1.82, 2.24) is 5.32 Å². The summed E-state index contributed by atoms with van der Waals surface area (Å²) in [6.07, 6.45) is 1.10. The largest absolute Gasteiger partial charge is 0.399 e. The zero-order valence-corrected chi connectivity index (χ0v) is 10.9. The summed E-state index contributed by atoms with van der Waals surface area (Å²) in [6, 6.07) is 7.57. The first-order chi connectivity index (χ1) is 8.22. The summed E-state index contributed by atoms with van der Waals surface area (Å²) in [5.41, 5.74) is 0. The molecule has 17 heavy (non-hydrogen) atoms. The first-order valence-electron chi connectivity index (χ1n) is 4.95. The molecule has 0 saturated heterocycles. The number of hydrogen-bond acceptors (Lipinski definition) is 4. The third-order valence-corrected chi connectivity index (χ3v) is 3.02. The Morgan fingerprint density at radius 1 is 1.53 bits per heavy atom. The van der Waals surface area contributed by atoms with Crippen LogP contribution < -0.4 is 5.32 Å². The van der Waals surface area contributed by atoms with Crippen molar-refractivity contribution in [3.8, 4) is 0 Å². The number of thioether (sulfide) groups is 1. The van der Waals surface area contributed by atoms with Gasteiger partial charge in [0.15, 0.2) is 0 Å². The molecule has 0 radical (unpaired) electrons. The number of oxime groups is 1. The van der Waals surface area contributed by atoms with E-state index in [0.717, 1.165) is 21.9 Å². The van der Waals surface area contributed by atoms with E-state index in [1.54, 1.807) is 11.8 Å². The molecule has 0 aliphatic rings. The van der Waals surface area contributed by atoms with Crippen LogP contribution in [-0.2, 0) is 9.63 Å². The number of amides is 1. The number of benzene rings is 1. The number of halogens is 1. The molecule has 1 amide bonds. The fourth-order valence-corrected chi connectivity index (χ4v) is 1.91. The Morgan fingerprint density at radius 2 is 2.24 bits per heavy atom. The molecular weight excluding hydrogens is 260 g/mol. The molecule has 0 saturated carbocycles. The van der Waals surface area contributed by atoms with Crippen molar-refractivity contribution in [1.29, 1.82) is 0 Å². The summed E-state index contributed by atoms with van der Waals surface area (Å²) in [4.78, 5) is 16.6. The van der Waals surface area contributed by atoms with Crippen LogP contribution in [0.1, 0.15) is 0 Å². The van der Waals surface area contributed by atoms with Gasteiger partial charge in [0.25, 0.3) is 5.91 Å². The SMILES string of the molecule is CON=CC(=O)NCCSc1ccc(Cl)cc1. The quantitative estimate of drug-likeness (QED) is 0.374. The molecule has 1 rings (SSSR count). The van der Waals surface area contributed by atoms with E-state index < -0.39 is 0 Å². The molecule has 1 aromatic rings. The maximum atomic E-state index is 11.1. The molecular formula is C11H13ClN2O2S. The minimum Gasteiger partial charge on any atom is -0.399 e. The molecule has 0 aromatic heterocycles. The van der Waals surface area contributed by atoms with Gasteiger partial charge in [-0.1, -0.05) is 16.8 Å². The Bertz CT molecular complexity index is 382. The van der Waals surface area contributed by atoms with E-state index in [4.69, 9.17) is 11.6 Å². The van der Waals surface area contributed by atoms with E-state index in [0.29, 0.717) is 6.54 Å². The van der Waals surface area contributed by atoms with Gasteiger partial charge in [0.1, 0.15) is 13.3 Å². The zero-order valence-electron chi connectivity index (χ0n) is 9.35. The van der Waals surface area contributed by atoms with Crippen LogP contribution in [0.25, 0.3) is 0 Å². The van der Waals surface area contributed by atoms with Crippen molar-refractivity contribution >= 4 is 35.5 Å². The zero-order chi connectivity index (χ0) is 12.5. The Morgan fingerprint density at radius 3 is 2.88 bits per heavy atom. The molecule has 4 nitrogen and oxygen atoms in total. The number of carbonyl (C=O) groups excluding carboxylic acids is 1. The highest BCUT2D eigenvalue weighted by Gasteiger charge is 1.97. The summed E-state index contributed by atoms with van der Waals surface area (Å²) >= 11 is 7.42. The fourth-order valence-electron chi connectivity index (χ4n) is 1.02. The first-order valence-corrected chi connectivity index (χ1v) is 6.31. The van der Waals surface area contributed by atoms with Crippen molar-refractivity contribution in [2.24, 2.45) is 5.16 Å². The van der Waals surface area contributed by atoms with Gasteiger partial charge in [0, 0.05) is 22.2 Å². The first kappa shape index (κ1) is 13.9. The summed E-state index contributed by atoms with van der Waals surface area (Å²) in [7, 11) is 1.39. The molecule has 0 spiro atoms. The van der Waals surface area contributed by atoms with Gasteiger partial charge in [-0.25, -0.2) is 0 Å². The van der Waals surface area contributed by atoms with Crippen molar-refractivity contribution < 1.29 is 9.63 Å². The van der Waals surface area contributed by atoms with Crippen molar-refractivity contribution in [3.05, 3.63) is 29.3 Å². The molecule has 0 heterocycles. The summed E-state index contributed by atoms with van der Waals surface area (Å²) in [6.45, 7) is 0.571. The molecule has 1 N–H and O–H groups in total. The third-order valence-electron chi connectivity index (χ3n) is 1.76. The van der Waals surface area contributed by atoms with Gasteiger partial charge in [-0.15, -0.1) is 11.8 Å². The molecule has 0 atom stereocenters. The number of nitrogens with zero attached hydrogens (tertiary/aromatic N) is 1. The van der Waals surface area contributed by atoms with Gasteiger partial charge >= 0.3 is 0 Å². The summed E-state index contributed by atoms with van der Waals surface area (Å²) in [5, 5.41) is 6.76. The molecule has 1 aromatic carbocycles. The van der Waals surface area contributed by atoms with E-state index in [1.807, 2.05) is 24.3 Å².